The summed E-state index contributed by atoms with van der Waals surface area (Å²) in [6.07, 6.45) is 0.816. The number of halogens is 1. The highest BCUT2D eigenvalue weighted by Gasteiger charge is 2.16. The van der Waals surface area contributed by atoms with Crippen LogP contribution in [-0.4, -0.2) is 11.1 Å². The Bertz CT molecular complexity index is 559. The normalized spacial score (nSPS) is 10.6. The van der Waals surface area contributed by atoms with E-state index in [4.69, 9.17) is 9.84 Å². The molecule has 2 aromatic rings. The van der Waals surface area contributed by atoms with Crippen LogP contribution in [-0.2, 0) is 13.0 Å². The summed E-state index contributed by atoms with van der Waals surface area (Å²) in [6.45, 7) is 2.38. The third kappa shape index (κ3) is 2.93. The summed E-state index contributed by atoms with van der Waals surface area (Å²) >= 11 is 6.28. The van der Waals surface area contributed by atoms with Gasteiger partial charge in [-0.25, -0.2) is 4.79 Å². The number of aryl methyl sites for hydroxylation is 1. The van der Waals surface area contributed by atoms with Crippen molar-refractivity contribution in [1.29, 1.82) is 0 Å². The standard InChI is InChI=1S/C12H11BrO3S2/c1-2-7-5-9(11(18-7)12(14)15)16-6-10-8(13)3-4-17-10/h3-5H,2,6H2,1H3,(H,14,15). The summed E-state index contributed by atoms with van der Waals surface area (Å²) < 4.78 is 6.61. The van der Waals surface area contributed by atoms with E-state index in [1.54, 1.807) is 11.3 Å². The van der Waals surface area contributed by atoms with E-state index >= 15 is 0 Å². The Morgan fingerprint density at radius 3 is 2.89 bits per heavy atom. The molecule has 0 aromatic carbocycles. The number of carboxylic acid groups (broad SMARTS) is 1. The molecule has 0 saturated carbocycles. The first-order valence-electron chi connectivity index (χ1n) is 5.32. The zero-order valence-electron chi connectivity index (χ0n) is 9.60. The second-order valence-corrected chi connectivity index (χ2v) is 6.54. The van der Waals surface area contributed by atoms with Gasteiger partial charge in [0, 0.05) is 9.35 Å². The molecule has 0 atom stereocenters. The number of ether oxygens (including phenoxy) is 1. The highest BCUT2D eigenvalue weighted by Crippen LogP contribution is 2.32. The smallest absolute Gasteiger partial charge is 0.349 e. The van der Waals surface area contributed by atoms with Gasteiger partial charge in [-0.1, -0.05) is 6.92 Å². The average molecular weight is 347 g/mol. The predicted octanol–water partition coefficient (Wildman–Crippen LogP) is 4.41. The fourth-order valence-corrected chi connectivity index (χ4v) is 3.68. The van der Waals surface area contributed by atoms with Gasteiger partial charge in [0.1, 0.15) is 12.4 Å². The molecule has 0 unspecified atom stereocenters. The maximum Gasteiger partial charge on any atom is 0.349 e. The van der Waals surface area contributed by atoms with Crippen LogP contribution >= 0.6 is 38.6 Å². The summed E-state index contributed by atoms with van der Waals surface area (Å²) in [5, 5.41) is 11.1. The second-order valence-electron chi connectivity index (χ2n) is 3.55. The molecule has 96 valence electrons. The highest BCUT2D eigenvalue weighted by molar-refractivity contribution is 9.10. The number of thiophene rings is 2. The van der Waals surface area contributed by atoms with E-state index in [0.717, 1.165) is 20.6 Å². The van der Waals surface area contributed by atoms with Gasteiger partial charge in [-0.2, -0.15) is 0 Å². The van der Waals surface area contributed by atoms with Crippen molar-refractivity contribution >= 4 is 44.6 Å². The molecule has 1 N–H and O–H groups in total. The van der Waals surface area contributed by atoms with E-state index < -0.39 is 5.97 Å². The molecule has 0 saturated heterocycles. The summed E-state index contributed by atoms with van der Waals surface area (Å²) in [7, 11) is 0. The third-order valence-corrected chi connectivity index (χ3v) is 5.49. The lowest BCUT2D eigenvalue weighted by atomic mass is 10.3. The lowest BCUT2D eigenvalue weighted by Crippen LogP contribution is -1.99. The van der Waals surface area contributed by atoms with Gasteiger partial charge in [0.25, 0.3) is 0 Å². The highest BCUT2D eigenvalue weighted by atomic mass is 79.9. The second kappa shape index (κ2) is 5.86. The molecule has 0 aliphatic carbocycles. The Kier molecular flexibility index (Phi) is 4.42. The Balaban J connectivity index is 2.16. The van der Waals surface area contributed by atoms with Crippen LogP contribution in [0.5, 0.6) is 5.75 Å². The van der Waals surface area contributed by atoms with Crippen molar-refractivity contribution in [3.63, 3.8) is 0 Å². The van der Waals surface area contributed by atoms with Crippen LogP contribution in [0.25, 0.3) is 0 Å². The summed E-state index contributed by atoms with van der Waals surface area (Å²) in [5.41, 5.74) is 0. The van der Waals surface area contributed by atoms with E-state index in [1.807, 2.05) is 24.4 Å². The van der Waals surface area contributed by atoms with Gasteiger partial charge in [0.05, 0.1) is 4.88 Å². The fraction of sp³-hybridized carbons (Fsp3) is 0.250. The van der Waals surface area contributed by atoms with Gasteiger partial charge < -0.3 is 9.84 Å². The van der Waals surface area contributed by atoms with Crippen LogP contribution < -0.4 is 4.74 Å². The third-order valence-electron chi connectivity index (χ3n) is 2.34. The average Bonchev–Trinajstić information content (AvgIpc) is 2.92. The van der Waals surface area contributed by atoms with Gasteiger partial charge in [-0.3, -0.25) is 0 Å². The number of aromatic carboxylic acids is 1. The van der Waals surface area contributed by atoms with Crippen molar-refractivity contribution in [2.75, 3.05) is 0 Å². The molecule has 0 amide bonds. The minimum absolute atomic E-state index is 0.277. The summed E-state index contributed by atoms with van der Waals surface area (Å²) in [6, 6.07) is 3.77. The van der Waals surface area contributed by atoms with Crippen LogP contribution in [0.4, 0.5) is 0 Å². The SMILES string of the molecule is CCc1cc(OCc2sccc2Br)c(C(=O)O)s1. The lowest BCUT2D eigenvalue weighted by Gasteiger charge is -2.03. The molecule has 0 fully saturated rings. The Hall–Kier alpha value is -0.850. The van der Waals surface area contributed by atoms with Crippen LogP contribution in [0.3, 0.4) is 0 Å². The Morgan fingerprint density at radius 2 is 2.33 bits per heavy atom. The van der Waals surface area contributed by atoms with Crippen molar-refractivity contribution < 1.29 is 14.6 Å². The largest absolute Gasteiger partial charge is 0.486 e. The topological polar surface area (TPSA) is 46.5 Å². The molecular formula is C12H11BrO3S2. The van der Waals surface area contributed by atoms with Crippen molar-refractivity contribution in [3.05, 3.63) is 36.6 Å². The van der Waals surface area contributed by atoms with E-state index in [-0.39, 0.29) is 4.88 Å². The van der Waals surface area contributed by atoms with E-state index in [2.05, 4.69) is 15.9 Å². The minimum atomic E-state index is -0.931. The fourth-order valence-electron chi connectivity index (χ4n) is 1.42. The van der Waals surface area contributed by atoms with Gasteiger partial charge in [0.15, 0.2) is 4.88 Å². The number of hydrogen-bond acceptors (Lipinski definition) is 4. The molecule has 3 nitrogen and oxygen atoms in total. The van der Waals surface area contributed by atoms with E-state index in [1.165, 1.54) is 11.3 Å². The van der Waals surface area contributed by atoms with Gasteiger partial charge in [0.2, 0.25) is 0 Å². The number of hydrogen-bond donors (Lipinski definition) is 1. The summed E-state index contributed by atoms with van der Waals surface area (Å²) in [4.78, 5) is 13.5. The number of rotatable bonds is 5. The number of carboxylic acids is 1. The molecule has 0 radical (unpaired) electrons. The van der Waals surface area contributed by atoms with Gasteiger partial charge in [-0.15, -0.1) is 22.7 Å². The van der Waals surface area contributed by atoms with Crippen LogP contribution in [0, 0.1) is 0 Å². The first kappa shape index (κ1) is 13.6. The number of carbonyl (C=O) groups is 1. The van der Waals surface area contributed by atoms with Crippen molar-refractivity contribution in [1.82, 2.24) is 0 Å². The molecule has 2 rings (SSSR count). The Labute approximate surface area is 121 Å². The van der Waals surface area contributed by atoms with Crippen LogP contribution in [0.15, 0.2) is 22.0 Å². The molecule has 0 aliphatic heterocycles. The van der Waals surface area contributed by atoms with Crippen molar-refractivity contribution in [3.8, 4) is 5.75 Å². The molecule has 0 spiro atoms. The van der Waals surface area contributed by atoms with E-state index in [0.29, 0.717) is 12.4 Å². The minimum Gasteiger partial charge on any atom is -0.486 e. The van der Waals surface area contributed by atoms with Crippen molar-refractivity contribution in [2.45, 2.75) is 20.0 Å². The monoisotopic (exact) mass is 346 g/mol. The zero-order valence-corrected chi connectivity index (χ0v) is 12.8. The molecule has 2 aromatic heterocycles. The summed E-state index contributed by atoms with van der Waals surface area (Å²) in [5.74, 6) is -0.468. The molecule has 2 heterocycles. The van der Waals surface area contributed by atoms with Gasteiger partial charge >= 0.3 is 5.97 Å². The predicted molar refractivity (Wildman–Crippen MR) is 77.0 cm³/mol. The maximum atomic E-state index is 11.1. The van der Waals surface area contributed by atoms with Crippen LogP contribution in [0.2, 0.25) is 0 Å². The molecule has 0 aliphatic rings. The first-order valence-corrected chi connectivity index (χ1v) is 7.81. The quantitative estimate of drug-likeness (QED) is 0.871. The molecular weight excluding hydrogens is 336 g/mol. The van der Waals surface area contributed by atoms with Crippen LogP contribution in [0.1, 0.15) is 26.3 Å². The maximum absolute atomic E-state index is 11.1. The Morgan fingerprint density at radius 1 is 1.56 bits per heavy atom. The molecule has 18 heavy (non-hydrogen) atoms. The zero-order chi connectivity index (χ0) is 13.1. The van der Waals surface area contributed by atoms with E-state index in [9.17, 15) is 4.79 Å². The lowest BCUT2D eigenvalue weighted by molar-refractivity contribution is 0.0697. The van der Waals surface area contributed by atoms with Crippen molar-refractivity contribution in [2.24, 2.45) is 0 Å². The molecule has 0 bridgehead atoms. The first-order chi connectivity index (χ1) is 8.61. The molecule has 6 heteroatoms. The van der Waals surface area contributed by atoms with Gasteiger partial charge in [-0.05, 0) is 39.9 Å².